The van der Waals surface area contributed by atoms with Gasteiger partial charge in [-0.1, -0.05) is 64.5 Å². The number of aromatic nitrogens is 2. The first kappa shape index (κ1) is 22.0. The molecule has 0 N–H and O–H groups in total. The Morgan fingerprint density at radius 3 is 2.21 bits per heavy atom. The Hall–Kier alpha value is -1.70. The first-order valence-corrected chi connectivity index (χ1v) is 12.1. The van der Waals surface area contributed by atoms with Gasteiger partial charge in [-0.15, -0.1) is 0 Å². The van der Waals surface area contributed by atoms with E-state index in [9.17, 15) is 0 Å². The lowest BCUT2D eigenvalue weighted by atomic mass is 9.77. The van der Waals surface area contributed by atoms with Crippen LogP contribution in [-0.4, -0.2) is 9.97 Å². The highest BCUT2D eigenvalue weighted by Gasteiger charge is 2.22. The predicted octanol–water partition coefficient (Wildman–Crippen LogP) is 8.04. The van der Waals surface area contributed by atoms with E-state index >= 15 is 0 Å². The first-order valence-electron chi connectivity index (χ1n) is 12.1. The molecule has 0 spiro atoms. The van der Waals surface area contributed by atoms with Gasteiger partial charge in [0.15, 0.2) is 5.82 Å². The molecule has 2 nitrogen and oxygen atoms in total. The molecule has 1 saturated carbocycles. The van der Waals surface area contributed by atoms with E-state index in [1.165, 1.54) is 93.7 Å². The van der Waals surface area contributed by atoms with E-state index in [2.05, 4.69) is 51.4 Å². The lowest BCUT2D eigenvalue weighted by molar-refractivity contribution is 0.302. The quantitative estimate of drug-likeness (QED) is 0.382. The smallest absolute Gasteiger partial charge is 0.159 e. The summed E-state index contributed by atoms with van der Waals surface area (Å²) in [4.78, 5) is 9.48. The Kier molecular flexibility index (Phi) is 8.70. The van der Waals surface area contributed by atoms with Gasteiger partial charge in [-0.25, -0.2) is 9.97 Å². The van der Waals surface area contributed by atoms with Crippen molar-refractivity contribution in [1.29, 1.82) is 0 Å². The Balaban J connectivity index is 1.56. The molecule has 0 amide bonds. The summed E-state index contributed by atoms with van der Waals surface area (Å²) in [7, 11) is 0. The fourth-order valence-electron chi connectivity index (χ4n) is 4.85. The van der Waals surface area contributed by atoms with Crippen molar-refractivity contribution in [2.75, 3.05) is 0 Å². The molecule has 1 fully saturated rings. The van der Waals surface area contributed by atoms with Crippen LogP contribution >= 0.6 is 0 Å². The molecule has 0 bridgehead atoms. The van der Waals surface area contributed by atoms with E-state index in [1.54, 1.807) is 0 Å². The summed E-state index contributed by atoms with van der Waals surface area (Å²) in [6.45, 7) is 6.78. The highest BCUT2D eigenvalue weighted by Crippen LogP contribution is 2.37. The van der Waals surface area contributed by atoms with Crippen molar-refractivity contribution in [1.82, 2.24) is 9.97 Å². The molecule has 0 unspecified atom stereocenters. The molecule has 3 rings (SSSR count). The fraction of sp³-hybridized carbons (Fsp3) is 0.630. The second-order valence-corrected chi connectivity index (χ2v) is 9.15. The minimum atomic E-state index is 0.661. The SMILES string of the molecule is CCCCCc1ccc(-c2ncc(C3CCC(CCCCC)CC3)cn2)cc1C. The van der Waals surface area contributed by atoms with E-state index in [1.807, 2.05) is 0 Å². The van der Waals surface area contributed by atoms with Gasteiger partial charge in [-0.2, -0.15) is 0 Å². The highest BCUT2D eigenvalue weighted by molar-refractivity contribution is 5.57. The first-order chi connectivity index (χ1) is 14.2. The topological polar surface area (TPSA) is 25.8 Å². The van der Waals surface area contributed by atoms with Crippen molar-refractivity contribution in [2.45, 2.75) is 104 Å². The van der Waals surface area contributed by atoms with E-state index in [0.29, 0.717) is 5.92 Å². The standard InChI is InChI=1S/C27H40N2/c1-4-6-8-10-22-12-14-24(15-13-22)26-19-28-27(29-20-26)25-17-16-23(21(3)18-25)11-9-7-5-2/h16-20,22,24H,4-15H2,1-3H3. The van der Waals surface area contributed by atoms with Crippen LogP contribution in [0.25, 0.3) is 11.4 Å². The minimum absolute atomic E-state index is 0.661. The second kappa shape index (κ2) is 11.5. The maximum atomic E-state index is 4.74. The third kappa shape index (κ3) is 6.39. The zero-order valence-corrected chi connectivity index (χ0v) is 18.9. The zero-order chi connectivity index (χ0) is 20.5. The number of hydrogen-bond donors (Lipinski definition) is 0. The molecule has 0 saturated heterocycles. The van der Waals surface area contributed by atoms with Crippen LogP contribution in [-0.2, 0) is 6.42 Å². The molecule has 158 valence electrons. The Morgan fingerprint density at radius 1 is 0.862 bits per heavy atom. The Labute approximate surface area is 178 Å². The van der Waals surface area contributed by atoms with Crippen molar-refractivity contribution < 1.29 is 0 Å². The summed E-state index contributed by atoms with van der Waals surface area (Å²) >= 11 is 0. The molecule has 2 aromatic rings. The van der Waals surface area contributed by atoms with Gasteiger partial charge in [0, 0.05) is 18.0 Å². The Morgan fingerprint density at radius 2 is 1.55 bits per heavy atom. The van der Waals surface area contributed by atoms with Crippen molar-refractivity contribution >= 4 is 0 Å². The van der Waals surface area contributed by atoms with Crippen LogP contribution < -0.4 is 0 Å². The van der Waals surface area contributed by atoms with Crippen LogP contribution in [0.4, 0.5) is 0 Å². The normalized spacial score (nSPS) is 19.4. The van der Waals surface area contributed by atoms with Crippen molar-refractivity contribution in [3.05, 3.63) is 47.3 Å². The molecule has 1 heterocycles. The number of rotatable bonds is 10. The van der Waals surface area contributed by atoms with Crippen molar-refractivity contribution in [3.8, 4) is 11.4 Å². The van der Waals surface area contributed by atoms with Gasteiger partial charge in [-0.3, -0.25) is 0 Å². The molecule has 29 heavy (non-hydrogen) atoms. The van der Waals surface area contributed by atoms with Crippen LogP contribution in [0.3, 0.4) is 0 Å². The molecule has 1 aromatic heterocycles. The number of hydrogen-bond acceptors (Lipinski definition) is 2. The fourth-order valence-corrected chi connectivity index (χ4v) is 4.85. The van der Waals surface area contributed by atoms with Crippen LogP contribution in [0, 0.1) is 12.8 Å². The van der Waals surface area contributed by atoms with Gasteiger partial charge in [-0.05, 0) is 80.0 Å². The van der Waals surface area contributed by atoms with Crippen molar-refractivity contribution in [3.63, 3.8) is 0 Å². The van der Waals surface area contributed by atoms with Gasteiger partial charge in [0.1, 0.15) is 0 Å². The van der Waals surface area contributed by atoms with Gasteiger partial charge >= 0.3 is 0 Å². The maximum Gasteiger partial charge on any atom is 0.159 e. The third-order valence-electron chi connectivity index (χ3n) is 6.86. The average molecular weight is 393 g/mol. The summed E-state index contributed by atoms with van der Waals surface area (Å²) in [6.07, 6.45) is 20.2. The molecule has 0 atom stereocenters. The summed E-state index contributed by atoms with van der Waals surface area (Å²) in [5.74, 6) is 2.48. The summed E-state index contributed by atoms with van der Waals surface area (Å²) < 4.78 is 0. The molecule has 0 aliphatic heterocycles. The van der Waals surface area contributed by atoms with E-state index < -0.39 is 0 Å². The molecule has 1 aliphatic rings. The van der Waals surface area contributed by atoms with Gasteiger partial charge in [0.05, 0.1) is 0 Å². The molecular weight excluding hydrogens is 352 g/mol. The number of nitrogens with zero attached hydrogens (tertiary/aromatic N) is 2. The van der Waals surface area contributed by atoms with Crippen molar-refractivity contribution in [2.24, 2.45) is 5.92 Å². The van der Waals surface area contributed by atoms with Crippen LogP contribution in [0.15, 0.2) is 30.6 Å². The number of benzene rings is 1. The lowest BCUT2D eigenvalue weighted by Crippen LogP contribution is -2.14. The molecular formula is C27H40N2. The number of unbranched alkanes of at least 4 members (excludes halogenated alkanes) is 4. The predicted molar refractivity (Wildman–Crippen MR) is 124 cm³/mol. The largest absolute Gasteiger partial charge is 0.236 e. The zero-order valence-electron chi connectivity index (χ0n) is 18.9. The lowest BCUT2D eigenvalue weighted by Gasteiger charge is -2.28. The average Bonchev–Trinajstić information content (AvgIpc) is 2.76. The maximum absolute atomic E-state index is 4.74. The highest BCUT2D eigenvalue weighted by atomic mass is 14.9. The van der Waals surface area contributed by atoms with Crippen LogP contribution in [0.5, 0.6) is 0 Å². The van der Waals surface area contributed by atoms with Gasteiger partial charge in [0.25, 0.3) is 0 Å². The molecule has 1 aliphatic carbocycles. The second-order valence-electron chi connectivity index (χ2n) is 9.15. The van der Waals surface area contributed by atoms with E-state index in [4.69, 9.17) is 9.97 Å². The van der Waals surface area contributed by atoms with E-state index in [0.717, 1.165) is 17.3 Å². The summed E-state index contributed by atoms with van der Waals surface area (Å²) in [5.41, 5.74) is 5.32. The Bertz CT molecular complexity index is 727. The number of aryl methyl sites for hydroxylation is 2. The van der Waals surface area contributed by atoms with Crippen LogP contribution in [0.2, 0.25) is 0 Å². The molecule has 2 heteroatoms. The molecule has 1 aromatic carbocycles. The minimum Gasteiger partial charge on any atom is -0.236 e. The van der Waals surface area contributed by atoms with E-state index in [-0.39, 0.29) is 0 Å². The molecule has 0 radical (unpaired) electrons. The summed E-state index contributed by atoms with van der Waals surface area (Å²) in [6, 6.07) is 6.74. The van der Waals surface area contributed by atoms with Crippen LogP contribution in [0.1, 0.15) is 107 Å². The van der Waals surface area contributed by atoms with Gasteiger partial charge < -0.3 is 0 Å². The monoisotopic (exact) mass is 392 g/mol. The van der Waals surface area contributed by atoms with Gasteiger partial charge in [0.2, 0.25) is 0 Å². The third-order valence-corrected chi connectivity index (χ3v) is 6.86. The summed E-state index contributed by atoms with van der Waals surface area (Å²) in [5, 5.41) is 0.